The lowest BCUT2D eigenvalue weighted by Crippen LogP contribution is -2.42. The third-order valence-corrected chi connectivity index (χ3v) is 7.56. The van der Waals surface area contributed by atoms with E-state index in [1.807, 2.05) is 6.92 Å². The lowest BCUT2D eigenvalue weighted by atomic mass is 9.94. The lowest BCUT2D eigenvalue weighted by Gasteiger charge is -2.34. The standard InChI is InChI=1S/C21H32N2O4S/c1-5-22(14-17-6-7-17)21(24)18-8-9-19(27-4)20(11-18)28(25,26)23-12-15(2)10-16(3)13-23/h8-9,11,15-17H,5-7,10,12-14H2,1-4H3. The number of piperidine rings is 1. The Morgan fingerprint density at radius 2 is 1.86 bits per heavy atom. The molecule has 1 aliphatic heterocycles. The van der Waals surface area contributed by atoms with E-state index in [0.29, 0.717) is 43.0 Å². The first-order valence-corrected chi connectivity index (χ1v) is 11.7. The number of methoxy groups -OCH3 is 1. The van der Waals surface area contributed by atoms with Gasteiger partial charge in [0, 0.05) is 31.7 Å². The van der Waals surface area contributed by atoms with Gasteiger partial charge in [-0.25, -0.2) is 8.42 Å². The van der Waals surface area contributed by atoms with Crippen LogP contribution >= 0.6 is 0 Å². The van der Waals surface area contributed by atoms with Crippen LogP contribution in [0.2, 0.25) is 0 Å². The van der Waals surface area contributed by atoms with Gasteiger partial charge in [-0.1, -0.05) is 13.8 Å². The zero-order valence-corrected chi connectivity index (χ0v) is 18.2. The topological polar surface area (TPSA) is 66.9 Å². The van der Waals surface area contributed by atoms with E-state index in [1.165, 1.54) is 13.2 Å². The monoisotopic (exact) mass is 408 g/mol. The zero-order valence-electron chi connectivity index (χ0n) is 17.3. The van der Waals surface area contributed by atoms with E-state index in [2.05, 4.69) is 13.8 Å². The van der Waals surface area contributed by atoms with Crippen molar-refractivity contribution in [3.63, 3.8) is 0 Å². The van der Waals surface area contributed by atoms with Crippen LogP contribution in [-0.4, -0.2) is 56.8 Å². The molecule has 0 spiro atoms. The maximum Gasteiger partial charge on any atom is 0.253 e. The maximum atomic E-state index is 13.4. The number of hydrogen-bond acceptors (Lipinski definition) is 4. The van der Waals surface area contributed by atoms with Gasteiger partial charge in [0.2, 0.25) is 10.0 Å². The van der Waals surface area contributed by atoms with E-state index in [4.69, 9.17) is 4.74 Å². The second-order valence-electron chi connectivity index (χ2n) is 8.42. The van der Waals surface area contributed by atoms with Crippen LogP contribution in [0.1, 0.15) is 50.4 Å². The molecule has 7 heteroatoms. The molecule has 6 nitrogen and oxygen atoms in total. The van der Waals surface area contributed by atoms with Crippen LogP contribution in [-0.2, 0) is 10.0 Å². The molecule has 0 bridgehead atoms. The normalized spacial score (nSPS) is 23.4. The van der Waals surface area contributed by atoms with Crippen molar-refractivity contribution in [1.29, 1.82) is 0 Å². The minimum atomic E-state index is -3.73. The first kappa shape index (κ1) is 21.1. The summed E-state index contributed by atoms with van der Waals surface area (Å²) < 4.78 is 33.6. The Hall–Kier alpha value is -1.60. The molecule has 2 aliphatic rings. The van der Waals surface area contributed by atoms with Crippen molar-refractivity contribution >= 4 is 15.9 Å². The van der Waals surface area contributed by atoms with Crippen molar-refractivity contribution in [3.8, 4) is 5.75 Å². The highest BCUT2D eigenvalue weighted by Crippen LogP contribution is 2.33. The molecule has 1 aromatic carbocycles. The Labute approximate surface area is 168 Å². The molecule has 28 heavy (non-hydrogen) atoms. The number of hydrogen-bond donors (Lipinski definition) is 0. The molecule has 1 amide bonds. The van der Waals surface area contributed by atoms with Gasteiger partial charge < -0.3 is 9.64 Å². The highest BCUT2D eigenvalue weighted by Gasteiger charge is 2.34. The van der Waals surface area contributed by atoms with Gasteiger partial charge in [0.25, 0.3) is 5.91 Å². The number of ether oxygens (including phenoxy) is 1. The summed E-state index contributed by atoms with van der Waals surface area (Å²) in [4.78, 5) is 14.9. The fraction of sp³-hybridized carbons (Fsp3) is 0.667. The number of carbonyl (C=O) groups excluding carboxylic acids is 1. The molecule has 0 aromatic heterocycles. The molecular weight excluding hydrogens is 376 g/mol. The summed E-state index contributed by atoms with van der Waals surface area (Å²) in [5, 5.41) is 0. The number of amides is 1. The summed E-state index contributed by atoms with van der Waals surface area (Å²) in [7, 11) is -2.27. The summed E-state index contributed by atoms with van der Waals surface area (Å²) in [6, 6.07) is 4.76. The Balaban J connectivity index is 1.93. The van der Waals surface area contributed by atoms with Crippen LogP contribution in [0.3, 0.4) is 0 Å². The lowest BCUT2D eigenvalue weighted by molar-refractivity contribution is 0.0756. The number of nitrogens with zero attached hydrogens (tertiary/aromatic N) is 2. The predicted octanol–water partition coefficient (Wildman–Crippen LogP) is 3.23. The minimum Gasteiger partial charge on any atom is -0.495 e. The molecule has 1 saturated heterocycles. The smallest absolute Gasteiger partial charge is 0.253 e. The summed E-state index contributed by atoms with van der Waals surface area (Å²) in [6.07, 6.45) is 3.35. The van der Waals surface area contributed by atoms with Gasteiger partial charge in [-0.05, 0) is 62.1 Å². The second kappa shape index (κ2) is 8.41. The van der Waals surface area contributed by atoms with E-state index in [-0.39, 0.29) is 16.6 Å². The number of benzene rings is 1. The zero-order chi connectivity index (χ0) is 20.5. The molecule has 1 aliphatic carbocycles. The molecule has 156 valence electrons. The average Bonchev–Trinajstić information content (AvgIpc) is 3.48. The molecule has 2 atom stereocenters. The van der Waals surface area contributed by atoms with Crippen LogP contribution in [0.5, 0.6) is 5.75 Å². The minimum absolute atomic E-state index is 0.0876. The van der Waals surface area contributed by atoms with Crippen LogP contribution in [0.15, 0.2) is 23.1 Å². The third kappa shape index (κ3) is 4.51. The average molecular weight is 409 g/mol. The SMILES string of the molecule is CCN(CC1CC1)C(=O)c1ccc(OC)c(S(=O)(=O)N2CC(C)CC(C)C2)c1. The van der Waals surface area contributed by atoms with Gasteiger partial charge in [-0.2, -0.15) is 4.31 Å². The van der Waals surface area contributed by atoms with Gasteiger partial charge in [0.05, 0.1) is 7.11 Å². The van der Waals surface area contributed by atoms with Crippen molar-refractivity contribution in [2.45, 2.75) is 44.9 Å². The fourth-order valence-corrected chi connectivity index (χ4v) is 5.96. The number of rotatable bonds is 7. The molecule has 0 radical (unpaired) electrons. The highest BCUT2D eigenvalue weighted by atomic mass is 32.2. The van der Waals surface area contributed by atoms with Crippen molar-refractivity contribution in [3.05, 3.63) is 23.8 Å². The molecule has 0 N–H and O–H groups in total. The first-order valence-electron chi connectivity index (χ1n) is 10.2. The predicted molar refractivity (Wildman–Crippen MR) is 109 cm³/mol. The van der Waals surface area contributed by atoms with E-state index in [1.54, 1.807) is 21.3 Å². The van der Waals surface area contributed by atoms with Crippen LogP contribution in [0.4, 0.5) is 0 Å². The van der Waals surface area contributed by atoms with Crippen molar-refractivity contribution < 1.29 is 17.9 Å². The second-order valence-corrected chi connectivity index (χ2v) is 10.3. The molecule has 3 rings (SSSR count). The summed E-state index contributed by atoms with van der Waals surface area (Å²) in [6.45, 7) is 8.46. The molecule has 1 saturated carbocycles. The molecule has 2 fully saturated rings. The molecule has 1 heterocycles. The first-order chi connectivity index (χ1) is 13.3. The summed E-state index contributed by atoms with van der Waals surface area (Å²) in [5.74, 6) is 1.37. The maximum absolute atomic E-state index is 13.4. The summed E-state index contributed by atoms with van der Waals surface area (Å²) in [5.41, 5.74) is 0.403. The van der Waals surface area contributed by atoms with Crippen LogP contribution in [0, 0.1) is 17.8 Å². The Kier molecular flexibility index (Phi) is 6.34. The van der Waals surface area contributed by atoms with Gasteiger partial charge in [0.15, 0.2) is 0 Å². The van der Waals surface area contributed by atoms with Gasteiger partial charge >= 0.3 is 0 Å². The van der Waals surface area contributed by atoms with E-state index in [0.717, 1.165) is 25.8 Å². The van der Waals surface area contributed by atoms with Crippen molar-refractivity contribution in [2.75, 3.05) is 33.3 Å². The molecular formula is C21H32N2O4S. The van der Waals surface area contributed by atoms with Crippen LogP contribution in [0.25, 0.3) is 0 Å². The van der Waals surface area contributed by atoms with Crippen molar-refractivity contribution in [2.24, 2.45) is 17.8 Å². The van der Waals surface area contributed by atoms with E-state index < -0.39 is 10.0 Å². The molecule has 1 aromatic rings. The van der Waals surface area contributed by atoms with E-state index in [9.17, 15) is 13.2 Å². The van der Waals surface area contributed by atoms with Gasteiger partial charge in [0.1, 0.15) is 10.6 Å². The number of sulfonamides is 1. The van der Waals surface area contributed by atoms with Crippen molar-refractivity contribution in [1.82, 2.24) is 9.21 Å². The van der Waals surface area contributed by atoms with E-state index >= 15 is 0 Å². The molecule has 2 unspecified atom stereocenters. The summed E-state index contributed by atoms with van der Waals surface area (Å²) >= 11 is 0. The van der Waals surface area contributed by atoms with Crippen LogP contribution < -0.4 is 4.74 Å². The highest BCUT2D eigenvalue weighted by molar-refractivity contribution is 7.89. The quantitative estimate of drug-likeness (QED) is 0.695. The third-order valence-electron chi connectivity index (χ3n) is 5.71. The Bertz CT molecular complexity index is 810. The number of carbonyl (C=O) groups is 1. The fourth-order valence-electron chi connectivity index (χ4n) is 4.10. The Morgan fingerprint density at radius 1 is 1.21 bits per heavy atom. The van der Waals surface area contributed by atoms with Gasteiger partial charge in [-0.3, -0.25) is 4.79 Å². The Morgan fingerprint density at radius 3 is 2.39 bits per heavy atom. The van der Waals surface area contributed by atoms with Gasteiger partial charge in [-0.15, -0.1) is 0 Å². The largest absolute Gasteiger partial charge is 0.495 e.